The Morgan fingerprint density at radius 2 is 1.97 bits per heavy atom. The molecule has 9 nitrogen and oxygen atoms in total. The molecule has 5 rings (SSSR count). The lowest BCUT2D eigenvalue weighted by Gasteiger charge is -2.20. The summed E-state index contributed by atoms with van der Waals surface area (Å²) in [4.78, 5) is 25.3. The lowest BCUT2D eigenvalue weighted by atomic mass is 9.88. The summed E-state index contributed by atoms with van der Waals surface area (Å²) in [6, 6.07) is 16.0. The number of thioether (sulfide) groups is 1. The standard InChI is InChI=1S/C29H26N6O3S/c1-16(30)39-26(31)18-5-3-6-20(13-18)33-28(37)19-8-10-23-24(15-19)35-27(34-23)22-14-17(9-11-25(22)36)21-7-4-12-32-29(21)38-2/h3-13,15,22,30-31,36H,14H2,1-2H3,(H,33,37)(H,34,35). The zero-order valence-corrected chi connectivity index (χ0v) is 22.1. The van der Waals surface area contributed by atoms with E-state index in [1.807, 2.05) is 18.2 Å². The summed E-state index contributed by atoms with van der Waals surface area (Å²) in [5.74, 6) is 0.612. The zero-order valence-electron chi connectivity index (χ0n) is 21.3. The van der Waals surface area contributed by atoms with E-state index in [-0.39, 0.29) is 22.6 Å². The highest BCUT2D eigenvalue weighted by Crippen LogP contribution is 2.38. The number of hydrogen-bond donors (Lipinski definition) is 5. The Balaban J connectivity index is 1.35. The molecular formula is C29H26N6O3S. The first-order valence-electron chi connectivity index (χ1n) is 12.1. The van der Waals surface area contributed by atoms with Crippen LogP contribution in [0, 0.1) is 10.8 Å². The van der Waals surface area contributed by atoms with Gasteiger partial charge in [0.25, 0.3) is 5.91 Å². The monoisotopic (exact) mass is 538 g/mol. The van der Waals surface area contributed by atoms with E-state index in [2.05, 4.69) is 15.3 Å². The zero-order chi connectivity index (χ0) is 27.5. The number of benzene rings is 2. The average Bonchev–Trinajstić information content (AvgIpc) is 3.36. The fourth-order valence-electron chi connectivity index (χ4n) is 4.42. The summed E-state index contributed by atoms with van der Waals surface area (Å²) in [6.07, 6.45) is 5.69. The van der Waals surface area contributed by atoms with Gasteiger partial charge in [0.1, 0.15) is 16.6 Å². The van der Waals surface area contributed by atoms with Crippen LogP contribution in [0.25, 0.3) is 16.6 Å². The molecule has 1 atom stereocenters. The third-order valence-electron chi connectivity index (χ3n) is 6.28. The Morgan fingerprint density at radius 3 is 2.77 bits per heavy atom. The van der Waals surface area contributed by atoms with Gasteiger partial charge in [-0.3, -0.25) is 15.6 Å². The largest absolute Gasteiger partial charge is 0.512 e. The Kier molecular flexibility index (Phi) is 7.29. The van der Waals surface area contributed by atoms with Crippen LogP contribution < -0.4 is 10.1 Å². The number of hydrogen-bond acceptors (Lipinski definition) is 8. The number of allylic oxidation sites excluding steroid dienone is 4. The lowest BCUT2D eigenvalue weighted by molar-refractivity contribution is 0.102. The number of nitrogens with zero attached hydrogens (tertiary/aromatic N) is 2. The summed E-state index contributed by atoms with van der Waals surface area (Å²) >= 11 is 1.06. The van der Waals surface area contributed by atoms with Gasteiger partial charge in [-0.25, -0.2) is 9.97 Å². The summed E-state index contributed by atoms with van der Waals surface area (Å²) < 4.78 is 5.41. The highest BCUT2D eigenvalue weighted by molar-refractivity contribution is 8.26. The van der Waals surface area contributed by atoms with Crippen LogP contribution in [0.1, 0.15) is 46.6 Å². The van der Waals surface area contributed by atoms with Crippen LogP contribution in [0.3, 0.4) is 0 Å². The third-order valence-corrected chi connectivity index (χ3v) is 7.02. The van der Waals surface area contributed by atoms with Gasteiger partial charge in [-0.15, -0.1) is 0 Å². The number of aromatic amines is 1. The molecule has 0 bridgehead atoms. The van der Waals surface area contributed by atoms with Gasteiger partial charge in [0.2, 0.25) is 5.88 Å². The number of fused-ring (bicyclic) bond motifs is 1. The molecule has 5 N–H and O–H groups in total. The predicted molar refractivity (Wildman–Crippen MR) is 155 cm³/mol. The van der Waals surface area contributed by atoms with E-state index >= 15 is 0 Å². The highest BCUT2D eigenvalue weighted by atomic mass is 32.2. The fraction of sp³-hybridized carbons (Fsp3) is 0.138. The molecule has 1 aliphatic rings. The molecule has 196 valence electrons. The molecule has 0 radical (unpaired) electrons. The van der Waals surface area contributed by atoms with Crippen molar-refractivity contribution in [3.63, 3.8) is 0 Å². The molecule has 0 fully saturated rings. The molecule has 10 heteroatoms. The quantitative estimate of drug-likeness (QED) is 0.144. The number of aliphatic hydroxyl groups excluding tert-OH is 1. The van der Waals surface area contributed by atoms with E-state index in [1.54, 1.807) is 68.8 Å². The van der Waals surface area contributed by atoms with Gasteiger partial charge in [0.05, 0.1) is 29.1 Å². The van der Waals surface area contributed by atoms with Crippen molar-refractivity contribution < 1.29 is 14.6 Å². The molecule has 2 aromatic carbocycles. The van der Waals surface area contributed by atoms with Gasteiger partial charge in [-0.05, 0) is 67.5 Å². The van der Waals surface area contributed by atoms with Gasteiger partial charge in [0.15, 0.2) is 0 Å². The average molecular weight is 539 g/mol. The van der Waals surface area contributed by atoms with Crippen molar-refractivity contribution in [1.29, 1.82) is 10.8 Å². The van der Waals surface area contributed by atoms with Gasteiger partial charge in [0, 0.05) is 28.6 Å². The van der Waals surface area contributed by atoms with Crippen molar-refractivity contribution in [2.24, 2.45) is 0 Å². The molecule has 1 unspecified atom stereocenters. The normalized spacial score (nSPS) is 14.9. The lowest BCUT2D eigenvalue weighted by Crippen LogP contribution is -2.12. The maximum atomic E-state index is 13.0. The van der Waals surface area contributed by atoms with E-state index in [0.29, 0.717) is 51.0 Å². The maximum absolute atomic E-state index is 13.0. The van der Waals surface area contributed by atoms with Crippen molar-refractivity contribution in [3.8, 4) is 5.88 Å². The first-order chi connectivity index (χ1) is 18.8. The van der Waals surface area contributed by atoms with Crippen LogP contribution in [-0.2, 0) is 0 Å². The number of rotatable bonds is 6. The van der Waals surface area contributed by atoms with Gasteiger partial charge in [-0.1, -0.05) is 30.0 Å². The number of H-pyrrole nitrogens is 1. The second kappa shape index (κ2) is 11.0. The molecule has 2 heterocycles. The Hall–Kier alpha value is -4.70. The van der Waals surface area contributed by atoms with Crippen LogP contribution in [0.5, 0.6) is 5.88 Å². The summed E-state index contributed by atoms with van der Waals surface area (Å²) in [5, 5.41) is 29.8. The van der Waals surface area contributed by atoms with Crippen LogP contribution in [0.15, 0.2) is 78.7 Å². The molecule has 2 aromatic heterocycles. The molecular weight excluding hydrogens is 512 g/mol. The molecule has 0 saturated carbocycles. The number of methoxy groups -OCH3 is 1. The number of aliphatic hydroxyl groups is 1. The minimum Gasteiger partial charge on any atom is -0.512 e. The van der Waals surface area contributed by atoms with Crippen LogP contribution in [0.4, 0.5) is 5.69 Å². The molecule has 39 heavy (non-hydrogen) atoms. The first-order valence-corrected chi connectivity index (χ1v) is 13.0. The molecule has 0 saturated heterocycles. The second-order valence-corrected chi connectivity index (χ2v) is 10.2. The number of nitrogens with one attached hydrogen (secondary N) is 4. The van der Waals surface area contributed by atoms with Crippen LogP contribution in [-0.4, -0.2) is 43.2 Å². The maximum Gasteiger partial charge on any atom is 0.255 e. The van der Waals surface area contributed by atoms with E-state index in [0.717, 1.165) is 22.9 Å². The first kappa shape index (κ1) is 25.9. The van der Waals surface area contributed by atoms with E-state index in [9.17, 15) is 9.90 Å². The van der Waals surface area contributed by atoms with Crippen LogP contribution in [0.2, 0.25) is 0 Å². The Morgan fingerprint density at radius 1 is 1.13 bits per heavy atom. The second-order valence-electron chi connectivity index (χ2n) is 8.98. The van der Waals surface area contributed by atoms with Crippen molar-refractivity contribution >= 4 is 50.1 Å². The number of anilines is 1. The number of amides is 1. The van der Waals surface area contributed by atoms with E-state index < -0.39 is 0 Å². The fourth-order valence-corrected chi connectivity index (χ4v) is 4.97. The number of aromatic nitrogens is 3. The SMILES string of the molecule is COc1ncccc1C1=CC=C(O)C(c2nc3ccc(C(=O)Nc4cccc(C(=N)SC(C)=N)c4)cc3[nH]2)C1. The molecule has 0 spiro atoms. The van der Waals surface area contributed by atoms with Crippen LogP contribution >= 0.6 is 11.8 Å². The smallest absolute Gasteiger partial charge is 0.255 e. The van der Waals surface area contributed by atoms with Gasteiger partial charge >= 0.3 is 0 Å². The van der Waals surface area contributed by atoms with Crippen molar-refractivity contribution in [1.82, 2.24) is 15.0 Å². The third kappa shape index (κ3) is 5.60. The minimum atomic E-state index is -0.389. The van der Waals surface area contributed by atoms with Crippen molar-refractivity contribution in [2.75, 3.05) is 12.4 Å². The predicted octanol–water partition coefficient (Wildman–Crippen LogP) is 6.29. The summed E-state index contributed by atoms with van der Waals surface area (Å²) in [5.41, 5.74) is 4.79. The Bertz CT molecular complexity index is 1670. The molecule has 1 amide bonds. The number of carbonyl (C=O) groups excluding carboxylic acids is 1. The number of imidazole rings is 1. The van der Waals surface area contributed by atoms with E-state index in [1.165, 1.54) is 0 Å². The number of pyridine rings is 1. The van der Waals surface area contributed by atoms with E-state index in [4.69, 9.17) is 20.5 Å². The number of ether oxygens (including phenoxy) is 1. The molecule has 0 aliphatic heterocycles. The molecule has 4 aromatic rings. The Labute approximate surface area is 229 Å². The summed E-state index contributed by atoms with van der Waals surface area (Å²) in [6.45, 7) is 1.63. The summed E-state index contributed by atoms with van der Waals surface area (Å²) in [7, 11) is 1.58. The number of carbonyl (C=O) groups is 1. The van der Waals surface area contributed by atoms with Crippen molar-refractivity contribution in [2.45, 2.75) is 19.3 Å². The van der Waals surface area contributed by atoms with Gasteiger partial charge in [-0.2, -0.15) is 0 Å². The van der Waals surface area contributed by atoms with Gasteiger partial charge < -0.3 is 20.1 Å². The van der Waals surface area contributed by atoms with Crippen molar-refractivity contribution in [3.05, 3.63) is 101 Å². The topological polar surface area (TPSA) is 148 Å². The highest BCUT2D eigenvalue weighted by Gasteiger charge is 2.26. The molecule has 1 aliphatic carbocycles. The minimum absolute atomic E-state index is 0.195.